The Labute approximate surface area is 35.3 Å². The molecule has 6 heavy (non-hydrogen) atoms. The summed E-state index contributed by atoms with van der Waals surface area (Å²) in [6.07, 6.45) is 2.05. The molecule has 0 aliphatic heterocycles. The van der Waals surface area contributed by atoms with E-state index < -0.39 is 0 Å². The first-order valence-electron chi connectivity index (χ1n) is 1.50. The highest BCUT2D eigenvalue weighted by Gasteiger charge is 1.64. The van der Waals surface area contributed by atoms with Crippen LogP contribution >= 0.6 is 0 Å². The zero-order valence-electron chi connectivity index (χ0n) is 3.16. The smallest absolute Gasteiger partial charge is 0.102 e. The lowest BCUT2D eigenvalue weighted by Crippen LogP contribution is -1.63. The van der Waals surface area contributed by atoms with Crippen LogP contribution in [0.4, 0.5) is 0 Å². The molecule has 0 aromatic rings. The van der Waals surface area contributed by atoms with Crippen LogP contribution in [0.3, 0.4) is 0 Å². The fourth-order valence-electron chi connectivity index (χ4n) is 0.0902. The van der Waals surface area contributed by atoms with E-state index in [9.17, 15) is 0 Å². The van der Waals surface area contributed by atoms with E-state index in [-0.39, 0.29) is 6.54 Å². The van der Waals surface area contributed by atoms with Gasteiger partial charge in [-0.05, 0) is 6.08 Å². The Bertz CT molecular complexity index is 59.8. The summed E-state index contributed by atoms with van der Waals surface area (Å²) in [6, 6.07) is 0. The van der Waals surface area contributed by atoms with Gasteiger partial charge in [0.2, 0.25) is 0 Å². The molecule has 0 aliphatic rings. The van der Waals surface area contributed by atoms with E-state index in [1.54, 1.807) is 0 Å². The second-order valence-corrected chi connectivity index (χ2v) is 0.696. The van der Waals surface area contributed by atoms with Crippen LogP contribution in [0.25, 0.3) is 0 Å². The predicted octanol–water partition coefficient (Wildman–Crippen LogP) is 0.825. The van der Waals surface area contributed by atoms with E-state index in [0.29, 0.717) is 0 Å². The summed E-state index contributed by atoms with van der Waals surface area (Å²) in [5, 5.41) is 10.2. The number of nitroso groups, excluding NO2 is 1. The maximum absolute atomic E-state index is 9.15. The molecule has 0 aromatic carbocycles. The van der Waals surface area contributed by atoms with Crippen LogP contribution in [0, 0.1) is 4.91 Å². The summed E-state index contributed by atoms with van der Waals surface area (Å²) in [5.41, 5.74) is 0. The van der Waals surface area contributed by atoms with Crippen molar-refractivity contribution in [1.29, 1.82) is 0 Å². The topological polar surface area (TPSA) is 49.7 Å². The van der Waals surface area contributed by atoms with Crippen LogP contribution < -0.4 is 0 Å². The highest BCUT2D eigenvalue weighted by molar-refractivity contribution is 4.73. The monoisotopic (exact) mass is 87.0 g/mol. The number of rotatable bonds is 2. The minimum Gasteiger partial charge on any atom is -0.516 e. The standard InChI is InChI=1S/C3H5NO2/c5-3-1-2-4-6/h1,3,5H,2H2/b3-1+. The fourth-order valence-corrected chi connectivity index (χ4v) is 0.0902. The SMILES string of the molecule is O=NC/C=C/O. The summed E-state index contributed by atoms with van der Waals surface area (Å²) in [7, 11) is 0. The second-order valence-electron chi connectivity index (χ2n) is 0.696. The van der Waals surface area contributed by atoms with Crippen molar-refractivity contribution in [3.63, 3.8) is 0 Å². The molecule has 0 radical (unpaired) electrons. The van der Waals surface area contributed by atoms with Gasteiger partial charge in [-0.3, -0.25) is 0 Å². The normalized spacial score (nSPS) is 9.33. The molecule has 34 valence electrons. The molecule has 0 amide bonds. The Kier molecular flexibility index (Phi) is 3.55. The first-order valence-corrected chi connectivity index (χ1v) is 1.50. The molecule has 0 fully saturated rings. The lowest BCUT2D eigenvalue weighted by atomic mass is 10.6. The molecule has 0 unspecified atom stereocenters. The molecule has 0 heterocycles. The van der Waals surface area contributed by atoms with E-state index in [1.165, 1.54) is 6.08 Å². The van der Waals surface area contributed by atoms with Gasteiger partial charge in [-0.1, -0.05) is 5.18 Å². The molecule has 0 rings (SSSR count). The minimum absolute atomic E-state index is 0.0521. The van der Waals surface area contributed by atoms with Crippen LogP contribution in [-0.4, -0.2) is 11.7 Å². The molecular formula is C3H5NO2. The summed E-state index contributed by atoms with van der Waals surface area (Å²) in [4.78, 5) is 9.15. The third-order valence-electron chi connectivity index (χ3n) is 0.285. The maximum Gasteiger partial charge on any atom is 0.102 e. The van der Waals surface area contributed by atoms with E-state index in [1.807, 2.05) is 0 Å². The van der Waals surface area contributed by atoms with Crippen LogP contribution in [0.15, 0.2) is 17.5 Å². The maximum atomic E-state index is 9.15. The number of nitrogens with zero attached hydrogens (tertiary/aromatic N) is 1. The average molecular weight is 87.1 g/mol. The molecule has 0 aromatic heterocycles. The van der Waals surface area contributed by atoms with Crippen molar-refractivity contribution >= 4 is 0 Å². The van der Waals surface area contributed by atoms with Gasteiger partial charge in [-0.2, -0.15) is 4.91 Å². The Morgan fingerprint density at radius 1 is 1.83 bits per heavy atom. The van der Waals surface area contributed by atoms with Crippen molar-refractivity contribution in [2.24, 2.45) is 5.18 Å². The Morgan fingerprint density at radius 2 is 2.50 bits per heavy atom. The molecule has 0 aliphatic carbocycles. The van der Waals surface area contributed by atoms with Gasteiger partial charge in [0.05, 0.1) is 6.26 Å². The molecular weight excluding hydrogens is 82.0 g/mol. The third kappa shape index (κ3) is 3.14. The van der Waals surface area contributed by atoms with Crippen LogP contribution in [0.2, 0.25) is 0 Å². The van der Waals surface area contributed by atoms with Gasteiger partial charge in [0.1, 0.15) is 6.54 Å². The van der Waals surface area contributed by atoms with Gasteiger partial charge < -0.3 is 5.11 Å². The highest BCUT2D eigenvalue weighted by atomic mass is 16.3. The van der Waals surface area contributed by atoms with E-state index in [0.717, 1.165) is 6.26 Å². The van der Waals surface area contributed by atoms with Crippen molar-refractivity contribution < 1.29 is 5.11 Å². The number of aliphatic hydroxyl groups is 1. The first-order chi connectivity index (χ1) is 2.91. The minimum atomic E-state index is 0.0521. The van der Waals surface area contributed by atoms with Crippen LogP contribution in [0.5, 0.6) is 0 Å². The van der Waals surface area contributed by atoms with Crippen molar-refractivity contribution in [2.45, 2.75) is 0 Å². The first kappa shape index (κ1) is 5.14. The summed E-state index contributed by atoms with van der Waals surface area (Å²) in [6.45, 7) is 0.0521. The van der Waals surface area contributed by atoms with Gasteiger partial charge in [0.25, 0.3) is 0 Å². The van der Waals surface area contributed by atoms with E-state index in [2.05, 4.69) is 5.18 Å². The number of hydrogen-bond acceptors (Lipinski definition) is 3. The third-order valence-corrected chi connectivity index (χ3v) is 0.285. The largest absolute Gasteiger partial charge is 0.516 e. The summed E-state index contributed by atoms with van der Waals surface area (Å²) >= 11 is 0. The van der Waals surface area contributed by atoms with Crippen molar-refractivity contribution in [3.05, 3.63) is 17.2 Å². The van der Waals surface area contributed by atoms with Crippen molar-refractivity contribution in [2.75, 3.05) is 6.54 Å². The lowest BCUT2D eigenvalue weighted by Gasteiger charge is -1.65. The van der Waals surface area contributed by atoms with Gasteiger partial charge in [0.15, 0.2) is 0 Å². The zero-order chi connectivity index (χ0) is 4.83. The molecule has 0 spiro atoms. The molecule has 0 atom stereocenters. The van der Waals surface area contributed by atoms with Crippen LogP contribution in [-0.2, 0) is 0 Å². The Balaban J connectivity index is 2.85. The van der Waals surface area contributed by atoms with E-state index >= 15 is 0 Å². The van der Waals surface area contributed by atoms with Crippen LogP contribution in [0.1, 0.15) is 0 Å². The van der Waals surface area contributed by atoms with Gasteiger partial charge >= 0.3 is 0 Å². The summed E-state index contributed by atoms with van der Waals surface area (Å²) in [5.74, 6) is 0. The molecule has 3 nitrogen and oxygen atoms in total. The van der Waals surface area contributed by atoms with Crippen molar-refractivity contribution in [1.82, 2.24) is 0 Å². The predicted molar refractivity (Wildman–Crippen MR) is 22.4 cm³/mol. The Morgan fingerprint density at radius 3 is 2.67 bits per heavy atom. The lowest BCUT2D eigenvalue weighted by molar-refractivity contribution is 0.472. The highest BCUT2D eigenvalue weighted by Crippen LogP contribution is 1.66. The Hall–Kier alpha value is -0.860. The molecule has 1 N–H and O–H groups in total. The number of aliphatic hydroxyl groups excluding tert-OH is 1. The average Bonchev–Trinajstić information content (AvgIpc) is 1.61. The van der Waals surface area contributed by atoms with Crippen molar-refractivity contribution in [3.8, 4) is 0 Å². The van der Waals surface area contributed by atoms with Gasteiger partial charge in [-0.15, -0.1) is 0 Å². The molecule has 0 bridgehead atoms. The number of hydrogen-bond donors (Lipinski definition) is 1. The second kappa shape index (κ2) is 4.14. The van der Waals surface area contributed by atoms with E-state index in [4.69, 9.17) is 10.0 Å². The van der Waals surface area contributed by atoms with Gasteiger partial charge in [0, 0.05) is 0 Å². The summed E-state index contributed by atoms with van der Waals surface area (Å²) < 4.78 is 0. The fraction of sp³-hybridized carbons (Fsp3) is 0.333. The molecule has 0 saturated heterocycles. The molecule has 3 heteroatoms. The van der Waals surface area contributed by atoms with Gasteiger partial charge in [-0.25, -0.2) is 0 Å². The quantitative estimate of drug-likeness (QED) is 0.400. The molecule has 0 saturated carbocycles. The zero-order valence-corrected chi connectivity index (χ0v) is 3.16.